The minimum atomic E-state index is -0.802. The van der Waals surface area contributed by atoms with E-state index in [1.807, 2.05) is 19.0 Å². The van der Waals surface area contributed by atoms with E-state index < -0.39 is 17.7 Å². The Labute approximate surface area is 204 Å². The summed E-state index contributed by atoms with van der Waals surface area (Å²) in [6.45, 7) is 1.07. The van der Waals surface area contributed by atoms with Crippen LogP contribution in [0.4, 0.5) is 0 Å². The largest absolute Gasteiger partial charge is 0.507 e. The van der Waals surface area contributed by atoms with Crippen molar-refractivity contribution >= 4 is 29.1 Å². The van der Waals surface area contributed by atoms with Crippen molar-refractivity contribution in [3.8, 4) is 17.2 Å². The maximum Gasteiger partial charge on any atom is 0.295 e. The molecule has 2 aromatic rings. The fraction of sp³-hybridized carbons (Fsp3) is 0.360. The zero-order valence-electron chi connectivity index (χ0n) is 19.9. The number of ketones is 1. The molecule has 34 heavy (non-hydrogen) atoms. The number of nitrogens with zero attached hydrogens (tertiary/aromatic N) is 2. The van der Waals surface area contributed by atoms with Gasteiger partial charge in [-0.15, -0.1) is 0 Å². The average molecular weight is 489 g/mol. The predicted molar refractivity (Wildman–Crippen MR) is 130 cm³/mol. The standard InChI is InChI=1S/C25H29ClN2O6/c1-27(2)10-7-11-28-22(15-8-6-9-16(12-15)32-3)21(24(30)25(28)31)23(29)17-13-20(34-5)18(26)14-19(17)33-4/h6,8-9,12-14,22,29H,7,10-11H2,1-5H3/b23-21+. The van der Waals surface area contributed by atoms with Crippen molar-refractivity contribution in [3.05, 3.63) is 58.1 Å². The van der Waals surface area contributed by atoms with E-state index in [1.165, 1.54) is 38.4 Å². The van der Waals surface area contributed by atoms with Crippen molar-refractivity contribution in [1.29, 1.82) is 0 Å². The molecule has 9 heteroatoms. The van der Waals surface area contributed by atoms with Crippen LogP contribution in [0.15, 0.2) is 42.0 Å². The number of amides is 1. The third kappa shape index (κ3) is 4.98. The van der Waals surface area contributed by atoms with Crippen LogP contribution >= 0.6 is 11.6 Å². The van der Waals surface area contributed by atoms with Crippen LogP contribution in [0.1, 0.15) is 23.6 Å². The summed E-state index contributed by atoms with van der Waals surface area (Å²) in [5, 5.41) is 11.7. The number of methoxy groups -OCH3 is 3. The van der Waals surface area contributed by atoms with E-state index in [-0.39, 0.29) is 27.7 Å². The lowest BCUT2D eigenvalue weighted by Gasteiger charge is -2.26. The first-order valence-electron chi connectivity index (χ1n) is 10.7. The Bertz CT molecular complexity index is 1110. The quantitative estimate of drug-likeness (QED) is 0.327. The summed E-state index contributed by atoms with van der Waals surface area (Å²) in [6, 6.07) is 9.27. The molecule has 1 saturated heterocycles. The number of halogens is 1. The predicted octanol–water partition coefficient (Wildman–Crippen LogP) is 3.74. The molecule has 1 fully saturated rings. The van der Waals surface area contributed by atoms with Gasteiger partial charge in [-0.2, -0.15) is 0 Å². The zero-order valence-corrected chi connectivity index (χ0v) is 20.7. The summed E-state index contributed by atoms with van der Waals surface area (Å²) in [6.07, 6.45) is 0.651. The molecule has 8 nitrogen and oxygen atoms in total. The number of rotatable bonds is 9. The third-order valence-corrected chi connectivity index (χ3v) is 5.98. The van der Waals surface area contributed by atoms with Crippen LogP contribution in [0.5, 0.6) is 17.2 Å². The van der Waals surface area contributed by atoms with Crippen molar-refractivity contribution in [3.63, 3.8) is 0 Å². The number of carbonyl (C=O) groups is 2. The van der Waals surface area contributed by atoms with Crippen molar-refractivity contribution in [2.45, 2.75) is 12.5 Å². The topological polar surface area (TPSA) is 88.5 Å². The fourth-order valence-corrected chi connectivity index (χ4v) is 4.25. The van der Waals surface area contributed by atoms with Crippen LogP contribution in [0.25, 0.3) is 5.76 Å². The Morgan fingerprint density at radius 2 is 1.76 bits per heavy atom. The first kappa shape index (κ1) is 25.4. The van der Waals surface area contributed by atoms with Gasteiger partial charge in [-0.3, -0.25) is 9.59 Å². The lowest BCUT2D eigenvalue weighted by molar-refractivity contribution is -0.139. The van der Waals surface area contributed by atoms with E-state index in [2.05, 4.69) is 0 Å². The number of hydrogen-bond acceptors (Lipinski definition) is 7. The average Bonchev–Trinajstić information content (AvgIpc) is 3.08. The number of aliphatic hydroxyl groups excluding tert-OH is 1. The van der Waals surface area contributed by atoms with Gasteiger partial charge in [0.25, 0.3) is 11.7 Å². The molecule has 2 aromatic carbocycles. The molecule has 0 radical (unpaired) electrons. The Morgan fingerprint density at radius 3 is 2.38 bits per heavy atom. The molecule has 0 spiro atoms. The summed E-state index contributed by atoms with van der Waals surface area (Å²) in [5.41, 5.74) is 0.804. The van der Waals surface area contributed by atoms with Crippen LogP contribution in [0.3, 0.4) is 0 Å². The Morgan fingerprint density at radius 1 is 1.06 bits per heavy atom. The van der Waals surface area contributed by atoms with E-state index in [0.29, 0.717) is 30.0 Å². The van der Waals surface area contributed by atoms with Gasteiger partial charge < -0.3 is 29.1 Å². The van der Waals surface area contributed by atoms with Crippen molar-refractivity contribution in [1.82, 2.24) is 9.80 Å². The van der Waals surface area contributed by atoms with Crippen LogP contribution < -0.4 is 14.2 Å². The molecule has 1 atom stereocenters. The van der Waals surface area contributed by atoms with Gasteiger partial charge in [0, 0.05) is 12.6 Å². The molecule has 0 saturated carbocycles. The fourth-order valence-electron chi connectivity index (χ4n) is 4.02. The first-order chi connectivity index (χ1) is 16.2. The SMILES string of the molecule is COc1cccc(C2/C(=C(\O)c3cc(OC)c(Cl)cc3OC)C(=O)C(=O)N2CCCN(C)C)c1. The first-order valence-corrected chi connectivity index (χ1v) is 11.1. The van der Waals surface area contributed by atoms with Gasteiger partial charge in [0.05, 0.1) is 43.5 Å². The summed E-state index contributed by atoms with van der Waals surface area (Å²) >= 11 is 6.21. The number of Topliss-reactive ketones (excluding diaryl/α,β-unsaturated/α-hetero) is 1. The highest BCUT2D eigenvalue weighted by Gasteiger charge is 2.46. The molecule has 182 valence electrons. The minimum absolute atomic E-state index is 0.0363. The van der Waals surface area contributed by atoms with Gasteiger partial charge in [0.2, 0.25) is 0 Å². The maximum atomic E-state index is 13.2. The minimum Gasteiger partial charge on any atom is -0.507 e. The van der Waals surface area contributed by atoms with Crippen LogP contribution in [-0.4, -0.2) is 75.1 Å². The number of carbonyl (C=O) groups excluding carboxylic acids is 2. The highest BCUT2D eigenvalue weighted by Crippen LogP contribution is 2.43. The van der Waals surface area contributed by atoms with Crippen LogP contribution in [-0.2, 0) is 9.59 Å². The molecule has 1 aliphatic rings. The number of ether oxygens (including phenoxy) is 3. The van der Waals surface area contributed by atoms with Crippen LogP contribution in [0.2, 0.25) is 5.02 Å². The van der Waals surface area contributed by atoms with Gasteiger partial charge >= 0.3 is 0 Å². The van der Waals surface area contributed by atoms with E-state index >= 15 is 0 Å². The second-order valence-electron chi connectivity index (χ2n) is 8.11. The molecule has 1 heterocycles. The third-order valence-electron chi connectivity index (χ3n) is 5.68. The maximum absolute atomic E-state index is 13.2. The van der Waals surface area contributed by atoms with E-state index in [1.54, 1.807) is 24.3 Å². The second kappa shape index (κ2) is 10.8. The van der Waals surface area contributed by atoms with Gasteiger partial charge in [-0.1, -0.05) is 23.7 Å². The number of benzene rings is 2. The highest BCUT2D eigenvalue weighted by molar-refractivity contribution is 6.46. The molecular weight excluding hydrogens is 460 g/mol. The summed E-state index contributed by atoms with van der Waals surface area (Å²) in [4.78, 5) is 29.8. The van der Waals surface area contributed by atoms with Crippen molar-refractivity contribution in [2.75, 3.05) is 48.5 Å². The molecule has 0 bridgehead atoms. The van der Waals surface area contributed by atoms with Gasteiger partial charge in [-0.25, -0.2) is 0 Å². The molecular formula is C25H29ClN2O6. The molecule has 1 aliphatic heterocycles. The molecule has 3 rings (SSSR count). The molecule has 1 N–H and O–H groups in total. The molecule has 0 aromatic heterocycles. The zero-order chi connectivity index (χ0) is 25.0. The Kier molecular flexibility index (Phi) is 8.06. The Balaban J connectivity index is 2.21. The van der Waals surface area contributed by atoms with Crippen LogP contribution in [0, 0.1) is 0 Å². The van der Waals surface area contributed by atoms with Gasteiger partial charge in [0.1, 0.15) is 23.0 Å². The summed E-state index contributed by atoms with van der Waals surface area (Å²) in [5.74, 6) is -0.706. The lowest BCUT2D eigenvalue weighted by atomic mass is 9.94. The highest BCUT2D eigenvalue weighted by atomic mass is 35.5. The van der Waals surface area contributed by atoms with Crippen molar-refractivity contribution in [2.24, 2.45) is 0 Å². The number of hydrogen-bond donors (Lipinski definition) is 1. The van der Waals surface area contributed by atoms with E-state index in [9.17, 15) is 14.7 Å². The van der Waals surface area contributed by atoms with Crippen molar-refractivity contribution < 1.29 is 28.9 Å². The Hall–Kier alpha value is -3.23. The number of aliphatic hydroxyl groups is 1. The normalized spacial score (nSPS) is 17.4. The van der Waals surface area contributed by atoms with E-state index in [0.717, 1.165) is 6.54 Å². The smallest absolute Gasteiger partial charge is 0.295 e. The molecule has 0 aliphatic carbocycles. The molecule has 1 unspecified atom stereocenters. The van der Waals surface area contributed by atoms with Gasteiger partial charge in [0.15, 0.2) is 0 Å². The second-order valence-corrected chi connectivity index (χ2v) is 8.52. The summed E-state index contributed by atoms with van der Waals surface area (Å²) < 4.78 is 16.0. The van der Waals surface area contributed by atoms with E-state index in [4.69, 9.17) is 25.8 Å². The summed E-state index contributed by atoms with van der Waals surface area (Å²) in [7, 11) is 8.28. The monoisotopic (exact) mass is 488 g/mol. The lowest BCUT2D eigenvalue weighted by Crippen LogP contribution is -2.32. The van der Waals surface area contributed by atoms with Gasteiger partial charge in [-0.05, 0) is 50.8 Å². The molecule has 1 amide bonds. The number of likely N-dealkylation sites (tertiary alicyclic amines) is 1.